The van der Waals surface area contributed by atoms with Crippen molar-refractivity contribution in [3.63, 3.8) is 0 Å². The fourth-order valence-electron chi connectivity index (χ4n) is 11.4. The van der Waals surface area contributed by atoms with Gasteiger partial charge in [-0.1, -0.05) is 196 Å². The molecule has 0 amide bonds. The van der Waals surface area contributed by atoms with Crippen molar-refractivity contribution in [3.05, 3.63) is 284 Å². The average molecular weight is 1280 g/mol. The molecule has 14 aromatic rings. The van der Waals surface area contributed by atoms with Crippen LogP contribution in [-0.4, -0.2) is 14.1 Å². The third-order valence-corrected chi connectivity index (χ3v) is 15.2. The summed E-state index contributed by atoms with van der Waals surface area (Å²) < 4.78 is 186. The minimum Gasteiger partial charge on any atom is -0.510 e. The number of fused-ring (bicyclic) bond motifs is 10. The second-order valence-corrected chi connectivity index (χ2v) is 21.3. The second kappa shape index (κ2) is 20.9. The predicted molar refractivity (Wildman–Crippen MR) is 340 cm³/mol. The van der Waals surface area contributed by atoms with Gasteiger partial charge in [-0.05, 0) is 167 Å². The molecule has 406 valence electrons. The van der Waals surface area contributed by atoms with Gasteiger partial charge in [-0.25, -0.2) is 4.98 Å². The van der Waals surface area contributed by atoms with Gasteiger partial charge >= 0.3 is 0 Å². The van der Waals surface area contributed by atoms with Crippen molar-refractivity contribution in [2.45, 2.75) is 39.9 Å². The Balaban J connectivity index is 0.00000897. The van der Waals surface area contributed by atoms with E-state index in [-0.39, 0.29) is 82.5 Å². The molecule has 0 aliphatic carbocycles. The summed E-state index contributed by atoms with van der Waals surface area (Å²) in [6.07, 6.45) is 5.41. The van der Waals surface area contributed by atoms with Crippen LogP contribution in [0.15, 0.2) is 249 Å². The molecule has 5 nitrogen and oxygen atoms in total. The Hall–Kier alpha value is -9.67. The fraction of sp³-hybridized carbons (Fsp3) is 0.0769. The summed E-state index contributed by atoms with van der Waals surface area (Å²) in [6, 6.07) is 45.3. The summed E-state index contributed by atoms with van der Waals surface area (Å²) in [7, 11) is 0. The zero-order chi connectivity index (χ0) is 72.2. The molecule has 0 N–H and O–H groups in total. The first-order valence-electron chi connectivity index (χ1n) is 36.4. The van der Waals surface area contributed by atoms with Crippen LogP contribution in [0.5, 0.6) is 11.5 Å². The van der Waals surface area contributed by atoms with E-state index in [1.807, 2.05) is 95.6 Å². The van der Waals surface area contributed by atoms with Gasteiger partial charge in [-0.3, -0.25) is 4.57 Å². The number of pyridine rings is 1. The average Bonchev–Trinajstić information content (AvgIpc) is 1.67. The van der Waals surface area contributed by atoms with Crippen LogP contribution in [0.4, 0.5) is 0 Å². The van der Waals surface area contributed by atoms with E-state index < -0.39 is 115 Å². The largest absolute Gasteiger partial charge is 0.510 e. The van der Waals surface area contributed by atoms with Gasteiger partial charge in [0.25, 0.3) is 6.33 Å². The van der Waals surface area contributed by atoms with E-state index in [2.05, 4.69) is 45.3 Å². The molecule has 0 saturated heterocycles. The van der Waals surface area contributed by atoms with Gasteiger partial charge < -0.3 is 13.9 Å². The van der Waals surface area contributed by atoms with Gasteiger partial charge in [0.15, 0.2) is 0 Å². The maximum Gasteiger partial charge on any atom is 0.268 e. The first-order chi connectivity index (χ1) is 48.5. The molecule has 1 aliphatic rings. The van der Waals surface area contributed by atoms with Gasteiger partial charge in [0.05, 0.1) is 34.5 Å². The van der Waals surface area contributed by atoms with Crippen LogP contribution in [0.1, 0.15) is 63.5 Å². The monoisotopic (exact) mass is 1280 g/mol. The van der Waals surface area contributed by atoms with Crippen molar-refractivity contribution in [2.24, 2.45) is 0 Å². The van der Waals surface area contributed by atoms with Gasteiger partial charge in [-0.2, -0.15) is 18.2 Å². The van der Waals surface area contributed by atoms with Gasteiger partial charge in [0.2, 0.25) is 0 Å². The Bertz CT molecular complexity index is 5760. The topological polar surface area (TPSA) is 35.9 Å². The van der Waals surface area contributed by atoms with E-state index >= 15 is 0 Å². The molecular weight excluding hydrogens is 1200 g/mol. The predicted octanol–water partition coefficient (Wildman–Crippen LogP) is 19.5. The van der Waals surface area contributed by atoms with Crippen LogP contribution >= 0.6 is 0 Å². The molecule has 0 atom stereocenters. The van der Waals surface area contributed by atoms with Crippen LogP contribution in [0.3, 0.4) is 0 Å². The van der Waals surface area contributed by atoms with Crippen LogP contribution < -0.4 is 9.30 Å². The maximum atomic E-state index is 10.4. The summed E-state index contributed by atoms with van der Waals surface area (Å²) in [5.41, 5.74) is 3.67. The molecule has 84 heavy (non-hydrogen) atoms. The Labute approximate surface area is 531 Å². The molecule has 4 heterocycles. The number of hydrogen-bond acceptors (Lipinski definition) is 2. The molecule has 0 saturated carbocycles. The summed E-state index contributed by atoms with van der Waals surface area (Å²) in [5.74, 6) is 1.16. The molecule has 0 bridgehead atoms. The van der Waals surface area contributed by atoms with E-state index in [1.54, 1.807) is 63.9 Å². The van der Waals surface area contributed by atoms with E-state index in [9.17, 15) is 9.60 Å². The minimum absolute atomic E-state index is 0. The second-order valence-electron chi connectivity index (χ2n) is 21.3. The van der Waals surface area contributed by atoms with E-state index in [1.165, 1.54) is 18.2 Å². The molecule has 15 rings (SSSR count). The van der Waals surface area contributed by atoms with E-state index in [4.69, 9.17) is 26.2 Å². The number of benzene rings is 11. The number of rotatable bonds is 8. The maximum absolute atomic E-state index is 10.4. The summed E-state index contributed by atoms with van der Waals surface area (Å²) in [5, 5.41) is 1.85. The first-order valence-corrected chi connectivity index (χ1v) is 26.9. The molecule has 0 spiro atoms. The summed E-state index contributed by atoms with van der Waals surface area (Å²) in [6.45, 7) is 0.671. The fourth-order valence-corrected chi connectivity index (χ4v) is 11.4. The number of nitrogens with zero attached hydrogens (tertiary/aromatic N) is 4. The molecule has 6 heteroatoms. The Morgan fingerprint density at radius 2 is 1.10 bits per heavy atom. The normalized spacial score (nSPS) is 15.3. The van der Waals surface area contributed by atoms with Gasteiger partial charge in [-0.15, -0.1) is 29.7 Å². The minimum atomic E-state index is -2.87. The standard InChI is InChI=1S/C78H56N4O.Pt/c1-50-21-18-22-51(2)75(50)69-35-20-34-68-64-31-14-12-29-62(64)63-30-13-15-32-65(63)70-44-57(56-42-54(52-23-8-6-9-24-52)41-55(43-56)53-25-10-7-11-26-53)45-73-77(70)81(76(68)69)49-80(73)59-27-19-28-60(47-59)83-61-37-38-67-66-33-16-17-36-71(66)82(72(67)48-61)74-46-58(39-40-79-74)78(3,4)5;/h6-46H,1-5H3;/q-2;/i1D3,2D3,6D,7D,8D,9D,10D,11D,23D,24D,25D,26D,41D,42D,43D;. The van der Waals surface area contributed by atoms with E-state index in [0.717, 1.165) is 21.9 Å². The van der Waals surface area contributed by atoms with Gasteiger partial charge in [0.1, 0.15) is 5.82 Å². The van der Waals surface area contributed by atoms with Crippen molar-refractivity contribution < 1.29 is 56.4 Å². The van der Waals surface area contributed by atoms with Crippen molar-refractivity contribution in [3.8, 4) is 107 Å². The van der Waals surface area contributed by atoms with Crippen LogP contribution in [-0.2, 0) is 26.5 Å². The number of imidazole rings is 1. The van der Waals surface area contributed by atoms with Crippen LogP contribution in [0.25, 0.3) is 128 Å². The zero-order valence-electron chi connectivity index (χ0n) is 64.2. The number of para-hydroxylation sites is 2. The first kappa shape index (κ1) is 35.4. The Morgan fingerprint density at radius 3 is 1.77 bits per heavy atom. The van der Waals surface area contributed by atoms with Crippen molar-refractivity contribution in [1.29, 1.82) is 0 Å². The molecule has 0 radical (unpaired) electrons. The number of ether oxygens (including phenoxy) is 1. The van der Waals surface area contributed by atoms with Crippen molar-refractivity contribution >= 4 is 32.8 Å². The van der Waals surface area contributed by atoms with Crippen molar-refractivity contribution in [1.82, 2.24) is 14.1 Å². The number of aromatic nitrogens is 4. The molecular formula is C78H56N4OPt-2. The molecule has 3 aromatic heterocycles. The van der Waals surface area contributed by atoms with E-state index in [0.29, 0.717) is 56.0 Å². The van der Waals surface area contributed by atoms with Gasteiger partial charge in [0, 0.05) is 52.5 Å². The smallest absolute Gasteiger partial charge is 0.268 e. The van der Waals surface area contributed by atoms with Crippen LogP contribution in [0, 0.1) is 32.2 Å². The van der Waals surface area contributed by atoms with Crippen LogP contribution in [0.2, 0.25) is 0 Å². The third kappa shape index (κ3) is 8.99. The zero-order valence-corrected chi connectivity index (χ0v) is 47.5. The summed E-state index contributed by atoms with van der Waals surface area (Å²) >= 11 is 0. The Kier molecular flexibility index (Phi) is 8.82. The summed E-state index contributed by atoms with van der Waals surface area (Å²) in [4.78, 5) is 4.85. The molecule has 0 unspecified atom stereocenters. The SMILES string of the molecule is [2H]c1c([2H])c([2H])c(-c2c([2H])c(-c3cc4c5c(c3)n(-c3[c-]c(Oc6[c-]c7c(cc6)c6ccccc6n7-c6cc(C(C)(C)C)ccn6)ccc3)[c-][n+]5-c3c(cccc3-c3c(C([2H])([2H])[2H])cccc3C([2H])([2H])[2H])-c3ccccc3-c3ccccc3-4)c([2H])c(-c3c([2H])c([2H])c([2H])c([2H])c3[2H])c2[2H])c([2H])c1[2H].[Pt]. The molecule has 11 aromatic carbocycles. The molecule has 1 aliphatic heterocycles. The number of hydrogen-bond donors (Lipinski definition) is 0. The third-order valence-electron chi connectivity index (χ3n) is 15.2. The molecule has 0 fully saturated rings. The quantitative estimate of drug-likeness (QED) is 0.112. The van der Waals surface area contributed by atoms with Crippen molar-refractivity contribution in [2.75, 3.05) is 0 Å². The number of aryl methyl sites for hydroxylation is 2. The Morgan fingerprint density at radius 1 is 0.512 bits per heavy atom.